The topological polar surface area (TPSA) is 101 Å². The van der Waals surface area contributed by atoms with E-state index in [-0.39, 0.29) is 41.0 Å². The van der Waals surface area contributed by atoms with Gasteiger partial charge in [0.25, 0.3) is 5.91 Å². The lowest BCUT2D eigenvalue weighted by Crippen LogP contribution is -2.44. The standard InChI is InChI=1S/C32H38ClF3N4O3.C2HF3O2/c1-21-7-8-28(16-29(21)33)40(31(43)23-9-13-38(14-10-23)22(2)41)12-4-11-37-17-25-19-39(20-26(25)18-37)30(42)24-5-3-6-27(15-24)32(34,35)36;3-2(4,5)1(6)7/h3,5-8,15-16,23,25-26H,4,9-14,17-20H2,1-2H3;(H,6,7). The molecule has 2 aromatic carbocycles. The maximum absolute atomic E-state index is 13.7. The van der Waals surface area contributed by atoms with Gasteiger partial charge in [0.05, 0.1) is 5.56 Å². The van der Waals surface area contributed by atoms with Gasteiger partial charge in [-0.3, -0.25) is 14.4 Å². The number of nitrogens with zero attached hydrogens (tertiary/aromatic N) is 4. The lowest BCUT2D eigenvalue weighted by atomic mass is 9.94. The largest absolute Gasteiger partial charge is 0.490 e. The number of carboxylic acids is 1. The Hall–Kier alpha value is -3.85. The third kappa shape index (κ3) is 9.89. The highest BCUT2D eigenvalue weighted by molar-refractivity contribution is 6.31. The second-order valence-electron chi connectivity index (χ2n) is 12.9. The van der Waals surface area contributed by atoms with Crippen LogP contribution in [0.5, 0.6) is 0 Å². The van der Waals surface area contributed by atoms with Crippen molar-refractivity contribution in [2.75, 3.05) is 57.3 Å². The van der Waals surface area contributed by atoms with Gasteiger partial charge in [-0.1, -0.05) is 23.7 Å². The molecule has 0 spiro atoms. The smallest absolute Gasteiger partial charge is 0.475 e. The maximum Gasteiger partial charge on any atom is 0.490 e. The number of anilines is 1. The van der Waals surface area contributed by atoms with E-state index >= 15 is 0 Å². The predicted octanol–water partition coefficient (Wildman–Crippen LogP) is 5.99. The number of carbonyl (C=O) groups excluding carboxylic acids is 3. The number of fused-ring (bicyclic) bond motifs is 1. The molecule has 3 fully saturated rings. The van der Waals surface area contributed by atoms with Crippen LogP contribution in [0.25, 0.3) is 0 Å². The third-order valence-electron chi connectivity index (χ3n) is 9.41. The van der Waals surface area contributed by atoms with Crippen LogP contribution in [0.4, 0.5) is 32.0 Å². The summed E-state index contributed by atoms with van der Waals surface area (Å²) in [5.74, 6) is -2.62. The molecule has 0 aromatic heterocycles. The molecule has 0 saturated carbocycles. The van der Waals surface area contributed by atoms with E-state index < -0.39 is 23.9 Å². The monoisotopic (exact) mass is 732 g/mol. The van der Waals surface area contributed by atoms with Gasteiger partial charge >= 0.3 is 18.3 Å². The highest BCUT2D eigenvalue weighted by atomic mass is 35.5. The van der Waals surface area contributed by atoms with Crippen molar-refractivity contribution in [1.29, 1.82) is 0 Å². The Kier molecular flexibility index (Phi) is 12.5. The first-order chi connectivity index (χ1) is 23.3. The summed E-state index contributed by atoms with van der Waals surface area (Å²) >= 11 is 6.43. The number of carboxylic acid groups (broad SMARTS) is 1. The van der Waals surface area contributed by atoms with Crippen molar-refractivity contribution in [1.82, 2.24) is 14.7 Å². The zero-order valence-electron chi connectivity index (χ0n) is 27.6. The van der Waals surface area contributed by atoms with Gasteiger partial charge in [-0.15, -0.1) is 0 Å². The predicted molar refractivity (Wildman–Crippen MR) is 173 cm³/mol. The molecule has 3 heterocycles. The van der Waals surface area contributed by atoms with E-state index in [1.165, 1.54) is 12.1 Å². The molecule has 5 rings (SSSR count). The molecule has 274 valence electrons. The quantitative estimate of drug-likeness (QED) is 0.352. The Morgan fingerprint density at radius 2 is 1.50 bits per heavy atom. The van der Waals surface area contributed by atoms with Crippen LogP contribution in [0.2, 0.25) is 5.02 Å². The molecule has 2 atom stereocenters. The van der Waals surface area contributed by atoms with Crippen LogP contribution >= 0.6 is 11.6 Å². The van der Waals surface area contributed by atoms with Crippen LogP contribution in [0.1, 0.15) is 47.7 Å². The Morgan fingerprint density at radius 3 is 2.02 bits per heavy atom. The van der Waals surface area contributed by atoms with Gasteiger partial charge in [0.2, 0.25) is 11.8 Å². The minimum Gasteiger partial charge on any atom is -0.475 e. The van der Waals surface area contributed by atoms with E-state index in [4.69, 9.17) is 21.5 Å². The van der Waals surface area contributed by atoms with Crippen LogP contribution in [-0.4, -0.2) is 102 Å². The van der Waals surface area contributed by atoms with Crippen molar-refractivity contribution in [2.24, 2.45) is 17.8 Å². The normalized spacial score (nSPS) is 19.9. The number of halogens is 7. The first-order valence-electron chi connectivity index (χ1n) is 16.2. The fourth-order valence-electron chi connectivity index (χ4n) is 6.68. The fourth-order valence-corrected chi connectivity index (χ4v) is 6.85. The molecule has 0 aliphatic carbocycles. The van der Waals surface area contributed by atoms with Crippen LogP contribution in [0, 0.1) is 24.7 Å². The van der Waals surface area contributed by atoms with E-state index in [2.05, 4.69) is 4.90 Å². The molecular weight excluding hydrogens is 694 g/mol. The van der Waals surface area contributed by atoms with Crippen molar-refractivity contribution in [2.45, 2.75) is 45.5 Å². The number of carbonyl (C=O) groups is 4. The Morgan fingerprint density at radius 1 is 0.900 bits per heavy atom. The van der Waals surface area contributed by atoms with E-state index in [0.717, 1.165) is 49.4 Å². The molecule has 0 bridgehead atoms. The summed E-state index contributed by atoms with van der Waals surface area (Å²) in [6, 6.07) is 10.3. The Labute approximate surface area is 290 Å². The summed E-state index contributed by atoms with van der Waals surface area (Å²) in [6.45, 7) is 8.66. The first kappa shape index (κ1) is 38.9. The molecule has 2 aromatic rings. The number of amides is 3. The number of piperidine rings is 1. The number of hydrogen-bond acceptors (Lipinski definition) is 5. The summed E-state index contributed by atoms with van der Waals surface area (Å²) in [7, 11) is 0. The second-order valence-corrected chi connectivity index (χ2v) is 13.3. The lowest BCUT2D eigenvalue weighted by Gasteiger charge is -2.34. The number of rotatable bonds is 7. The van der Waals surface area contributed by atoms with Crippen molar-refractivity contribution in [3.05, 3.63) is 64.2 Å². The fraction of sp³-hybridized carbons (Fsp3) is 0.529. The third-order valence-corrected chi connectivity index (χ3v) is 9.81. The molecule has 16 heteroatoms. The van der Waals surface area contributed by atoms with Crippen LogP contribution in [0.15, 0.2) is 42.5 Å². The molecule has 2 unspecified atom stereocenters. The van der Waals surface area contributed by atoms with E-state index in [0.29, 0.717) is 50.6 Å². The van der Waals surface area contributed by atoms with Crippen LogP contribution < -0.4 is 4.90 Å². The minimum absolute atomic E-state index is 0.0339. The number of likely N-dealkylation sites (tertiary alicyclic amines) is 3. The highest BCUT2D eigenvalue weighted by Gasteiger charge is 2.42. The Bertz CT molecular complexity index is 1550. The van der Waals surface area contributed by atoms with Gasteiger partial charge in [0.1, 0.15) is 0 Å². The number of hydrogen-bond donors (Lipinski definition) is 1. The van der Waals surface area contributed by atoms with Gasteiger partial charge in [-0.25, -0.2) is 4.79 Å². The number of aliphatic carboxylic acids is 1. The van der Waals surface area contributed by atoms with E-state index in [1.54, 1.807) is 16.7 Å². The number of aryl methyl sites for hydroxylation is 1. The van der Waals surface area contributed by atoms with E-state index in [1.807, 2.05) is 30.0 Å². The van der Waals surface area contributed by atoms with Gasteiger partial charge in [0.15, 0.2) is 0 Å². The molecule has 3 aliphatic heterocycles. The lowest BCUT2D eigenvalue weighted by molar-refractivity contribution is -0.192. The number of alkyl halides is 6. The molecule has 3 amide bonds. The van der Waals surface area contributed by atoms with Crippen LogP contribution in [-0.2, 0) is 20.6 Å². The molecule has 9 nitrogen and oxygen atoms in total. The van der Waals surface area contributed by atoms with Gasteiger partial charge in [-0.2, -0.15) is 26.3 Å². The zero-order valence-corrected chi connectivity index (χ0v) is 28.3. The summed E-state index contributed by atoms with van der Waals surface area (Å²) < 4.78 is 71.1. The summed E-state index contributed by atoms with van der Waals surface area (Å²) in [5.41, 5.74) is 0.971. The summed E-state index contributed by atoms with van der Waals surface area (Å²) in [5, 5.41) is 7.73. The average Bonchev–Trinajstić information content (AvgIpc) is 3.63. The summed E-state index contributed by atoms with van der Waals surface area (Å²) in [4.78, 5) is 55.0. The minimum atomic E-state index is -5.08. The molecule has 1 N–H and O–H groups in total. The molecule has 3 aliphatic rings. The SMILES string of the molecule is CC(=O)N1CCC(C(=O)N(CCCN2CC3CN(C(=O)c4cccc(C(F)(F)F)c4)CC3C2)c2ccc(C)c(Cl)c2)CC1.O=C(O)C(F)(F)F. The maximum atomic E-state index is 13.7. The molecule has 0 radical (unpaired) electrons. The first-order valence-corrected chi connectivity index (χ1v) is 16.5. The van der Waals surface area contributed by atoms with Crippen molar-refractivity contribution >= 4 is 41.0 Å². The van der Waals surface area contributed by atoms with Crippen molar-refractivity contribution in [3.8, 4) is 0 Å². The van der Waals surface area contributed by atoms with E-state index in [9.17, 15) is 40.7 Å². The van der Waals surface area contributed by atoms with Crippen LogP contribution in [0.3, 0.4) is 0 Å². The summed E-state index contributed by atoms with van der Waals surface area (Å²) in [6.07, 6.45) is -7.54. The van der Waals surface area contributed by atoms with Crippen molar-refractivity contribution < 1.29 is 50.6 Å². The average molecular weight is 733 g/mol. The molecular formula is C34H39ClF6N4O5. The second kappa shape index (κ2) is 16.0. The molecule has 3 saturated heterocycles. The molecule has 50 heavy (non-hydrogen) atoms. The highest BCUT2D eigenvalue weighted by Crippen LogP contribution is 2.34. The number of benzene rings is 2. The zero-order chi connectivity index (χ0) is 37.0. The Balaban J connectivity index is 0.000000727. The van der Waals surface area contributed by atoms with Gasteiger partial charge in [-0.05, 0) is 80.5 Å². The van der Waals surface area contributed by atoms with Gasteiger partial charge < -0.3 is 24.7 Å². The van der Waals surface area contributed by atoms with Gasteiger partial charge in [0, 0.05) is 74.9 Å². The van der Waals surface area contributed by atoms with Crippen molar-refractivity contribution in [3.63, 3.8) is 0 Å².